The van der Waals surface area contributed by atoms with Crippen molar-refractivity contribution in [2.24, 2.45) is 4.99 Å². The number of hydrogen-bond acceptors (Lipinski definition) is 8. The second-order valence-corrected chi connectivity index (χ2v) is 12.2. The Kier molecular flexibility index (Phi) is 11.7. The Labute approximate surface area is 251 Å². The van der Waals surface area contributed by atoms with Gasteiger partial charge in [0.25, 0.3) is 5.91 Å². The molecular formula is C31H42BrN3O6. The minimum absolute atomic E-state index is 0.0128. The summed E-state index contributed by atoms with van der Waals surface area (Å²) in [6.45, 7) is 7.17. The molecule has 1 amide bonds. The largest absolute Gasteiger partial charge is 0.494 e. The predicted octanol–water partition coefficient (Wildman–Crippen LogP) is 4.66. The number of nitrogens with zero attached hydrogens (tertiary/aromatic N) is 2. The monoisotopic (exact) mass is 631 g/mol. The van der Waals surface area contributed by atoms with Gasteiger partial charge in [-0.2, -0.15) is 0 Å². The summed E-state index contributed by atoms with van der Waals surface area (Å²) in [7, 11) is 3.97. The smallest absolute Gasteiger partial charge is 0.306 e. The zero-order chi connectivity index (χ0) is 30.0. The number of esters is 1. The number of hydrogen-bond donors (Lipinski definition) is 2. The van der Waals surface area contributed by atoms with Crippen LogP contribution in [0.2, 0.25) is 0 Å². The fourth-order valence-corrected chi connectivity index (χ4v) is 4.96. The molecule has 2 aromatic carbocycles. The first-order chi connectivity index (χ1) is 19.4. The quantitative estimate of drug-likeness (QED) is 0.231. The summed E-state index contributed by atoms with van der Waals surface area (Å²) in [4.78, 5) is 33.9. The molecule has 224 valence electrons. The van der Waals surface area contributed by atoms with Crippen molar-refractivity contribution < 1.29 is 28.9 Å². The number of aliphatic imine (C=N–C) groups is 1. The van der Waals surface area contributed by atoms with Crippen LogP contribution in [0.3, 0.4) is 0 Å². The Morgan fingerprint density at radius 3 is 2.46 bits per heavy atom. The lowest BCUT2D eigenvalue weighted by Crippen LogP contribution is -2.49. The van der Waals surface area contributed by atoms with Gasteiger partial charge in [-0.15, -0.1) is 0 Å². The molecule has 1 heterocycles. The van der Waals surface area contributed by atoms with Gasteiger partial charge in [-0.1, -0.05) is 34.1 Å². The van der Waals surface area contributed by atoms with Gasteiger partial charge >= 0.3 is 5.97 Å². The van der Waals surface area contributed by atoms with Crippen LogP contribution in [0, 0.1) is 0 Å². The van der Waals surface area contributed by atoms with E-state index in [1.807, 2.05) is 71.3 Å². The number of rotatable bonds is 14. The molecule has 0 unspecified atom stereocenters. The summed E-state index contributed by atoms with van der Waals surface area (Å²) in [5, 5.41) is 12.1. The van der Waals surface area contributed by atoms with Crippen LogP contribution in [0.4, 0.5) is 0 Å². The van der Waals surface area contributed by atoms with Crippen LogP contribution in [-0.4, -0.2) is 79.3 Å². The standard InChI is InChI=1S/C31H42BrN3O6/c1-30(2,3)41-26(37)16-17-31(29(38)33-18-8-19-35(4)5)27(24-10-6-7-11-25(24)32)40-28(34-31)22-12-14-23(15-13-22)39-21-9-20-36/h6-7,10-15,27,36H,8-9,16-21H2,1-5H3,(H,33,38)/t27-,31-/m1/s1. The van der Waals surface area contributed by atoms with Crippen LogP contribution < -0.4 is 10.1 Å². The van der Waals surface area contributed by atoms with Gasteiger partial charge in [0.1, 0.15) is 11.4 Å². The van der Waals surface area contributed by atoms with E-state index in [1.165, 1.54) is 0 Å². The molecule has 0 aliphatic carbocycles. The molecular weight excluding hydrogens is 590 g/mol. The van der Waals surface area contributed by atoms with Crippen LogP contribution in [0.5, 0.6) is 5.75 Å². The number of benzene rings is 2. The molecule has 2 aromatic rings. The number of carbonyl (C=O) groups is 2. The van der Waals surface area contributed by atoms with Crippen molar-refractivity contribution in [1.82, 2.24) is 10.2 Å². The van der Waals surface area contributed by atoms with E-state index in [0.717, 1.165) is 23.0 Å². The highest BCUT2D eigenvalue weighted by Gasteiger charge is 2.53. The van der Waals surface area contributed by atoms with Crippen molar-refractivity contribution in [3.63, 3.8) is 0 Å². The van der Waals surface area contributed by atoms with Crippen molar-refractivity contribution in [3.8, 4) is 5.75 Å². The summed E-state index contributed by atoms with van der Waals surface area (Å²) < 4.78 is 18.5. The lowest BCUT2D eigenvalue weighted by Gasteiger charge is -2.31. The molecule has 10 heteroatoms. The van der Waals surface area contributed by atoms with Crippen LogP contribution in [0.15, 0.2) is 58.0 Å². The number of aliphatic hydroxyl groups excluding tert-OH is 1. The van der Waals surface area contributed by atoms with E-state index in [0.29, 0.717) is 36.8 Å². The number of halogens is 1. The van der Waals surface area contributed by atoms with Gasteiger partial charge in [-0.25, -0.2) is 4.99 Å². The first kappa shape index (κ1) is 32.6. The highest BCUT2D eigenvalue weighted by molar-refractivity contribution is 9.10. The molecule has 0 radical (unpaired) electrons. The van der Waals surface area contributed by atoms with E-state index in [9.17, 15) is 9.59 Å². The van der Waals surface area contributed by atoms with Gasteiger partial charge in [0.2, 0.25) is 5.90 Å². The second-order valence-electron chi connectivity index (χ2n) is 11.3. The molecule has 2 atom stereocenters. The highest BCUT2D eigenvalue weighted by Crippen LogP contribution is 2.45. The third-order valence-electron chi connectivity index (χ3n) is 6.42. The molecule has 9 nitrogen and oxygen atoms in total. The normalized spacial score (nSPS) is 18.5. The number of nitrogens with one attached hydrogen (secondary N) is 1. The molecule has 2 N–H and O–H groups in total. The minimum atomic E-state index is -1.41. The predicted molar refractivity (Wildman–Crippen MR) is 162 cm³/mol. The number of amides is 1. The summed E-state index contributed by atoms with van der Waals surface area (Å²) >= 11 is 3.63. The first-order valence-electron chi connectivity index (χ1n) is 13.9. The third-order valence-corrected chi connectivity index (χ3v) is 7.14. The maximum atomic E-state index is 14.1. The zero-order valence-corrected chi connectivity index (χ0v) is 26.2. The van der Waals surface area contributed by atoms with Gasteiger partial charge in [-0.3, -0.25) is 9.59 Å². The fourth-order valence-electron chi connectivity index (χ4n) is 4.47. The van der Waals surface area contributed by atoms with E-state index >= 15 is 0 Å². The zero-order valence-electron chi connectivity index (χ0n) is 24.6. The summed E-state index contributed by atoms with van der Waals surface area (Å²) in [5.74, 6) is 0.244. The van der Waals surface area contributed by atoms with Crippen LogP contribution in [0.25, 0.3) is 0 Å². The molecule has 0 aromatic heterocycles. The highest BCUT2D eigenvalue weighted by atomic mass is 79.9. The molecule has 3 rings (SSSR count). The van der Waals surface area contributed by atoms with Crippen molar-refractivity contribution in [2.45, 2.75) is 63.7 Å². The summed E-state index contributed by atoms with van der Waals surface area (Å²) in [6, 6.07) is 14.8. The van der Waals surface area contributed by atoms with Crippen molar-refractivity contribution in [2.75, 3.05) is 40.4 Å². The number of aliphatic hydroxyl groups is 1. The molecule has 0 saturated carbocycles. The van der Waals surface area contributed by atoms with Gasteiger partial charge in [0, 0.05) is 41.6 Å². The second kappa shape index (κ2) is 14.8. The molecule has 0 spiro atoms. The van der Waals surface area contributed by atoms with Crippen molar-refractivity contribution >= 4 is 33.7 Å². The third kappa shape index (κ3) is 9.28. The summed E-state index contributed by atoms with van der Waals surface area (Å²) in [6.07, 6.45) is 0.593. The van der Waals surface area contributed by atoms with Crippen LogP contribution >= 0.6 is 15.9 Å². The maximum absolute atomic E-state index is 14.1. The van der Waals surface area contributed by atoms with E-state index < -0.39 is 23.2 Å². The average molecular weight is 633 g/mol. The number of ether oxygens (including phenoxy) is 3. The lowest BCUT2D eigenvalue weighted by atomic mass is 9.83. The SMILES string of the molecule is CN(C)CCCNC(=O)[C@]1(CCC(=O)OC(C)(C)C)N=C(c2ccc(OCCCO)cc2)O[C@@H]1c1ccccc1Br. The lowest BCUT2D eigenvalue weighted by molar-refractivity contribution is -0.155. The van der Waals surface area contributed by atoms with E-state index in [-0.39, 0.29) is 25.4 Å². The molecule has 0 fully saturated rings. The fraction of sp³-hybridized carbons (Fsp3) is 0.516. The van der Waals surface area contributed by atoms with E-state index in [1.54, 1.807) is 12.1 Å². The van der Waals surface area contributed by atoms with Crippen LogP contribution in [0.1, 0.15) is 63.7 Å². The molecule has 1 aliphatic heterocycles. The molecule has 0 saturated heterocycles. The Morgan fingerprint density at radius 2 is 1.83 bits per heavy atom. The number of carbonyl (C=O) groups excluding carboxylic acids is 2. The molecule has 41 heavy (non-hydrogen) atoms. The summed E-state index contributed by atoms with van der Waals surface area (Å²) in [5.41, 5.74) is -0.633. The maximum Gasteiger partial charge on any atom is 0.306 e. The van der Waals surface area contributed by atoms with Crippen LogP contribution in [-0.2, 0) is 19.1 Å². The van der Waals surface area contributed by atoms with E-state index in [4.69, 9.17) is 24.3 Å². The minimum Gasteiger partial charge on any atom is -0.494 e. The Balaban J connectivity index is 2.00. The molecule has 1 aliphatic rings. The van der Waals surface area contributed by atoms with Crippen molar-refractivity contribution in [1.29, 1.82) is 0 Å². The van der Waals surface area contributed by atoms with Gasteiger partial charge in [0.15, 0.2) is 11.6 Å². The van der Waals surface area contributed by atoms with Gasteiger partial charge in [0.05, 0.1) is 6.61 Å². The molecule has 0 bridgehead atoms. The Hall–Kier alpha value is -2.95. The van der Waals surface area contributed by atoms with Gasteiger partial charge in [-0.05, 0) is 84.6 Å². The Bertz CT molecular complexity index is 1200. The Morgan fingerprint density at radius 1 is 1.12 bits per heavy atom. The van der Waals surface area contributed by atoms with Crippen molar-refractivity contribution in [3.05, 3.63) is 64.1 Å². The average Bonchev–Trinajstić information content (AvgIpc) is 3.30. The van der Waals surface area contributed by atoms with Gasteiger partial charge < -0.3 is 29.5 Å². The first-order valence-corrected chi connectivity index (χ1v) is 14.7. The topological polar surface area (TPSA) is 110 Å². The van der Waals surface area contributed by atoms with E-state index in [2.05, 4.69) is 26.1 Å².